The number of rotatable bonds is 3. The molecule has 1 aliphatic rings. The fraction of sp³-hybridized carbons (Fsp3) is 0.364. The molecule has 1 atom stereocenters. The number of sulfone groups is 1. The lowest BCUT2D eigenvalue weighted by Gasteiger charge is -2.10. The van der Waals surface area contributed by atoms with Gasteiger partial charge >= 0.3 is 5.97 Å². The molecule has 0 aromatic heterocycles. The maximum Gasteiger partial charge on any atom is 0.335 e. The van der Waals surface area contributed by atoms with Crippen molar-refractivity contribution in [3.63, 3.8) is 0 Å². The van der Waals surface area contributed by atoms with Crippen LogP contribution in [-0.2, 0) is 14.6 Å². The van der Waals surface area contributed by atoms with Crippen LogP contribution in [0.4, 0.5) is 0 Å². The Balaban J connectivity index is 2.39. The van der Waals surface area contributed by atoms with Gasteiger partial charge < -0.3 is 9.84 Å². The predicted octanol–water partition coefficient (Wildman–Crippen LogP) is 0.947. The number of carbonyl (C=O) groups is 1. The van der Waals surface area contributed by atoms with Crippen LogP contribution in [0.15, 0.2) is 29.2 Å². The molecule has 17 heavy (non-hydrogen) atoms. The van der Waals surface area contributed by atoms with Gasteiger partial charge in [-0.05, 0) is 24.6 Å². The van der Waals surface area contributed by atoms with E-state index in [0.717, 1.165) is 0 Å². The third-order valence-electron chi connectivity index (χ3n) is 2.74. The van der Waals surface area contributed by atoms with E-state index in [4.69, 9.17) is 9.84 Å². The first kappa shape index (κ1) is 12.1. The summed E-state index contributed by atoms with van der Waals surface area (Å²) in [4.78, 5) is 10.8. The number of ether oxygens (including phenoxy) is 1. The molecule has 6 heteroatoms. The van der Waals surface area contributed by atoms with Crippen molar-refractivity contribution in [1.82, 2.24) is 0 Å². The fourth-order valence-electron chi connectivity index (χ4n) is 1.76. The molecule has 1 aromatic rings. The van der Waals surface area contributed by atoms with Crippen molar-refractivity contribution < 1.29 is 23.1 Å². The number of hydrogen-bond acceptors (Lipinski definition) is 4. The lowest BCUT2D eigenvalue weighted by Crippen LogP contribution is -2.21. The van der Waals surface area contributed by atoms with Crippen LogP contribution < -0.4 is 0 Å². The molecule has 0 aliphatic carbocycles. The molecular weight excluding hydrogens is 244 g/mol. The summed E-state index contributed by atoms with van der Waals surface area (Å²) in [5.74, 6) is -1.13. The molecule has 1 unspecified atom stereocenters. The summed E-state index contributed by atoms with van der Waals surface area (Å²) in [7, 11) is -3.48. The van der Waals surface area contributed by atoms with Gasteiger partial charge in [-0.25, -0.2) is 13.2 Å². The van der Waals surface area contributed by atoms with Crippen LogP contribution in [0.2, 0.25) is 0 Å². The number of carboxylic acids is 1. The monoisotopic (exact) mass is 256 g/mol. The van der Waals surface area contributed by atoms with Gasteiger partial charge in [0.1, 0.15) is 0 Å². The average Bonchev–Trinajstić information content (AvgIpc) is 2.83. The van der Waals surface area contributed by atoms with Crippen LogP contribution in [0, 0.1) is 0 Å². The molecule has 0 saturated carbocycles. The Bertz CT molecular complexity index is 529. The highest BCUT2D eigenvalue weighted by Crippen LogP contribution is 2.23. The fourth-order valence-corrected chi connectivity index (χ4v) is 3.38. The van der Waals surface area contributed by atoms with Crippen molar-refractivity contribution in [3.05, 3.63) is 29.8 Å². The standard InChI is InChI=1S/C11H12O5S/c12-11(13)8-2-1-3-9(6-8)17(14,15)10-4-5-16-7-10/h1-3,6,10H,4-5,7H2,(H,12,13). The first-order valence-electron chi connectivity index (χ1n) is 5.17. The Morgan fingerprint density at radius 2 is 2.18 bits per heavy atom. The zero-order valence-corrected chi connectivity index (χ0v) is 9.81. The summed E-state index contributed by atoms with van der Waals surface area (Å²) in [6.07, 6.45) is 0.458. The van der Waals surface area contributed by atoms with Crippen molar-refractivity contribution in [3.8, 4) is 0 Å². The normalized spacial score (nSPS) is 20.4. The van der Waals surface area contributed by atoms with Crippen molar-refractivity contribution in [2.45, 2.75) is 16.6 Å². The van der Waals surface area contributed by atoms with E-state index in [-0.39, 0.29) is 17.1 Å². The van der Waals surface area contributed by atoms with Gasteiger partial charge in [-0.2, -0.15) is 0 Å². The topological polar surface area (TPSA) is 80.7 Å². The zero-order valence-electron chi connectivity index (χ0n) is 9.00. The predicted molar refractivity (Wildman–Crippen MR) is 59.8 cm³/mol. The zero-order chi connectivity index (χ0) is 12.5. The van der Waals surface area contributed by atoms with Crippen LogP contribution in [0.1, 0.15) is 16.8 Å². The summed E-state index contributed by atoms with van der Waals surface area (Å²) in [5, 5.41) is 8.26. The smallest absolute Gasteiger partial charge is 0.335 e. The maximum absolute atomic E-state index is 12.1. The van der Waals surface area contributed by atoms with Crippen LogP contribution in [0.25, 0.3) is 0 Å². The Labute approximate surface area is 98.9 Å². The van der Waals surface area contributed by atoms with Gasteiger partial charge in [0.25, 0.3) is 0 Å². The van der Waals surface area contributed by atoms with Crippen molar-refractivity contribution in [2.75, 3.05) is 13.2 Å². The largest absolute Gasteiger partial charge is 0.478 e. The molecule has 5 nitrogen and oxygen atoms in total. The summed E-state index contributed by atoms with van der Waals surface area (Å²) in [6.45, 7) is 0.613. The van der Waals surface area contributed by atoms with Gasteiger partial charge in [-0.3, -0.25) is 0 Å². The minimum atomic E-state index is -3.48. The lowest BCUT2D eigenvalue weighted by atomic mass is 10.2. The van der Waals surface area contributed by atoms with Gasteiger partial charge in [0.2, 0.25) is 0 Å². The second-order valence-corrected chi connectivity index (χ2v) is 6.09. The van der Waals surface area contributed by atoms with Crippen LogP contribution in [0.3, 0.4) is 0 Å². The molecule has 0 amide bonds. The molecule has 0 bridgehead atoms. The molecule has 0 spiro atoms. The number of hydrogen-bond donors (Lipinski definition) is 1. The average molecular weight is 256 g/mol. The SMILES string of the molecule is O=C(O)c1cccc(S(=O)(=O)C2CCOC2)c1. The van der Waals surface area contributed by atoms with Gasteiger partial charge in [-0.1, -0.05) is 6.07 Å². The molecular formula is C11H12O5S. The molecule has 1 aliphatic heterocycles. The number of aromatic carboxylic acids is 1. The molecule has 2 rings (SSSR count). The maximum atomic E-state index is 12.1. The Morgan fingerprint density at radius 3 is 2.76 bits per heavy atom. The minimum absolute atomic E-state index is 0.0232. The van der Waals surface area contributed by atoms with E-state index < -0.39 is 21.1 Å². The van der Waals surface area contributed by atoms with Crippen molar-refractivity contribution >= 4 is 15.8 Å². The van der Waals surface area contributed by atoms with Crippen molar-refractivity contribution in [1.29, 1.82) is 0 Å². The Hall–Kier alpha value is -1.40. The molecule has 1 heterocycles. The van der Waals surface area contributed by atoms with Crippen LogP contribution >= 0.6 is 0 Å². The lowest BCUT2D eigenvalue weighted by molar-refractivity contribution is 0.0696. The third-order valence-corrected chi connectivity index (χ3v) is 4.90. The van der Waals surface area contributed by atoms with E-state index in [1.165, 1.54) is 24.3 Å². The highest BCUT2D eigenvalue weighted by atomic mass is 32.2. The molecule has 1 N–H and O–H groups in total. The highest BCUT2D eigenvalue weighted by Gasteiger charge is 2.31. The Morgan fingerprint density at radius 1 is 1.41 bits per heavy atom. The van der Waals surface area contributed by atoms with E-state index in [1.807, 2.05) is 0 Å². The minimum Gasteiger partial charge on any atom is -0.478 e. The van der Waals surface area contributed by atoms with Gasteiger partial charge in [0, 0.05) is 6.61 Å². The van der Waals surface area contributed by atoms with Gasteiger partial charge in [0.05, 0.1) is 22.3 Å². The molecule has 1 aromatic carbocycles. The van der Waals surface area contributed by atoms with E-state index >= 15 is 0 Å². The van der Waals surface area contributed by atoms with Gasteiger partial charge in [-0.15, -0.1) is 0 Å². The van der Waals surface area contributed by atoms with Crippen LogP contribution in [0.5, 0.6) is 0 Å². The third kappa shape index (κ3) is 2.32. The Kier molecular flexibility index (Phi) is 3.17. The number of benzene rings is 1. The summed E-state index contributed by atoms with van der Waals surface area (Å²) < 4.78 is 29.3. The first-order chi connectivity index (χ1) is 8.01. The van der Waals surface area contributed by atoms with Crippen LogP contribution in [-0.4, -0.2) is 38.0 Å². The summed E-state index contributed by atoms with van der Waals surface area (Å²) in [5.41, 5.74) is -0.0232. The molecule has 1 saturated heterocycles. The first-order valence-corrected chi connectivity index (χ1v) is 6.71. The van der Waals surface area contributed by atoms with Gasteiger partial charge in [0.15, 0.2) is 9.84 Å². The second kappa shape index (κ2) is 4.46. The molecule has 1 fully saturated rings. The van der Waals surface area contributed by atoms with E-state index in [9.17, 15) is 13.2 Å². The molecule has 0 radical (unpaired) electrons. The van der Waals surface area contributed by atoms with E-state index in [0.29, 0.717) is 13.0 Å². The van der Waals surface area contributed by atoms with E-state index in [1.54, 1.807) is 0 Å². The van der Waals surface area contributed by atoms with Crippen molar-refractivity contribution in [2.24, 2.45) is 0 Å². The highest BCUT2D eigenvalue weighted by molar-refractivity contribution is 7.92. The summed E-state index contributed by atoms with van der Waals surface area (Å²) in [6, 6.07) is 5.41. The molecule has 92 valence electrons. The quantitative estimate of drug-likeness (QED) is 0.870. The number of carboxylic acid groups (broad SMARTS) is 1. The second-order valence-electron chi connectivity index (χ2n) is 3.86. The summed E-state index contributed by atoms with van der Waals surface area (Å²) >= 11 is 0. The van der Waals surface area contributed by atoms with E-state index in [2.05, 4.69) is 0 Å².